The number of likely N-dealkylation sites (tertiary alicyclic amines) is 1. The predicted molar refractivity (Wildman–Crippen MR) is 89.0 cm³/mol. The van der Waals surface area contributed by atoms with Gasteiger partial charge in [0, 0.05) is 32.6 Å². The average molecular weight is 304 g/mol. The van der Waals surface area contributed by atoms with E-state index in [4.69, 9.17) is 4.74 Å². The lowest BCUT2D eigenvalue weighted by Crippen LogP contribution is -2.32. The minimum atomic E-state index is 0.298. The van der Waals surface area contributed by atoms with Crippen molar-refractivity contribution < 1.29 is 9.53 Å². The van der Waals surface area contributed by atoms with E-state index >= 15 is 0 Å². The fourth-order valence-electron chi connectivity index (χ4n) is 2.63. The van der Waals surface area contributed by atoms with Gasteiger partial charge in [0.2, 0.25) is 5.91 Å². The largest absolute Gasteiger partial charge is 0.494 e. The van der Waals surface area contributed by atoms with Crippen LogP contribution >= 0.6 is 0 Å². The number of hydrogen-bond acceptors (Lipinski definition) is 3. The summed E-state index contributed by atoms with van der Waals surface area (Å²) in [6, 6.07) is 8.27. The summed E-state index contributed by atoms with van der Waals surface area (Å²) < 4.78 is 5.70. The van der Waals surface area contributed by atoms with Crippen LogP contribution in [0.1, 0.15) is 44.6 Å². The van der Waals surface area contributed by atoms with E-state index in [-0.39, 0.29) is 0 Å². The van der Waals surface area contributed by atoms with E-state index in [1.165, 1.54) is 18.4 Å². The molecule has 0 atom stereocenters. The zero-order chi connectivity index (χ0) is 15.6. The SMILES string of the molecule is CCCCCOc1ccc(CNCCN2CCCC2=O)cc1. The summed E-state index contributed by atoms with van der Waals surface area (Å²) in [5, 5.41) is 3.39. The number of carbonyl (C=O) groups excluding carboxylic acids is 1. The second-order valence-electron chi connectivity index (χ2n) is 5.86. The van der Waals surface area contributed by atoms with Crippen LogP contribution in [-0.4, -0.2) is 37.0 Å². The number of amides is 1. The van der Waals surface area contributed by atoms with E-state index in [0.717, 1.165) is 57.8 Å². The molecule has 1 aliphatic rings. The Morgan fingerprint density at radius 1 is 1.23 bits per heavy atom. The molecule has 1 aromatic carbocycles. The molecule has 1 aromatic rings. The predicted octanol–water partition coefficient (Wildman–Crippen LogP) is 2.97. The Kier molecular flexibility index (Phi) is 7.23. The number of nitrogens with one attached hydrogen (secondary N) is 1. The highest BCUT2D eigenvalue weighted by Gasteiger charge is 2.18. The van der Waals surface area contributed by atoms with Crippen molar-refractivity contribution in [3.8, 4) is 5.75 Å². The van der Waals surface area contributed by atoms with Crippen molar-refractivity contribution in [3.05, 3.63) is 29.8 Å². The Balaban J connectivity index is 1.60. The standard InChI is InChI=1S/C18H28N2O2/c1-2-3-4-14-22-17-9-7-16(8-10-17)15-19-11-13-20-12-5-6-18(20)21/h7-10,19H,2-6,11-15H2,1H3. The summed E-state index contributed by atoms with van der Waals surface area (Å²) in [5.74, 6) is 1.24. The fourth-order valence-corrected chi connectivity index (χ4v) is 2.63. The minimum Gasteiger partial charge on any atom is -0.494 e. The van der Waals surface area contributed by atoms with Gasteiger partial charge < -0.3 is 15.0 Å². The second kappa shape index (κ2) is 9.46. The van der Waals surface area contributed by atoms with Crippen molar-refractivity contribution >= 4 is 5.91 Å². The second-order valence-corrected chi connectivity index (χ2v) is 5.86. The molecular weight excluding hydrogens is 276 g/mol. The van der Waals surface area contributed by atoms with Crippen LogP contribution < -0.4 is 10.1 Å². The molecule has 22 heavy (non-hydrogen) atoms. The highest BCUT2D eigenvalue weighted by atomic mass is 16.5. The van der Waals surface area contributed by atoms with Gasteiger partial charge in [-0.15, -0.1) is 0 Å². The lowest BCUT2D eigenvalue weighted by molar-refractivity contribution is -0.127. The van der Waals surface area contributed by atoms with E-state index in [1.807, 2.05) is 17.0 Å². The Hall–Kier alpha value is -1.55. The normalized spacial score (nSPS) is 14.6. The third kappa shape index (κ3) is 5.68. The van der Waals surface area contributed by atoms with E-state index < -0.39 is 0 Å². The van der Waals surface area contributed by atoms with Crippen molar-refractivity contribution in [2.75, 3.05) is 26.2 Å². The van der Waals surface area contributed by atoms with Gasteiger partial charge in [-0.3, -0.25) is 4.79 Å². The maximum atomic E-state index is 11.5. The molecule has 0 saturated carbocycles. The summed E-state index contributed by atoms with van der Waals surface area (Å²) >= 11 is 0. The molecule has 2 rings (SSSR count). The first-order chi connectivity index (χ1) is 10.8. The van der Waals surface area contributed by atoms with Crippen LogP contribution in [0.5, 0.6) is 5.75 Å². The van der Waals surface area contributed by atoms with Gasteiger partial charge in [-0.25, -0.2) is 0 Å². The van der Waals surface area contributed by atoms with Gasteiger partial charge in [-0.2, -0.15) is 0 Å². The van der Waals surface area contributed by atoms with Crippen LogP contribution in [0, 0.1) is 0 Å². The molecule has 4 heteroatoms. The smallest absolute Gasteiger partial charge is 0.222 e. The van der Waals surface area contributed by atoms with Gasteiger partial charge >= 0.3 is 0 Å². The van der Waals surface area contributed by atoms with Crippen LogP contribution in [0.3, 0.4) is 0 Å². The van der Waals surface area contributed by atoms with Crippen LogP contribution in [0.15, 0.2) is 24.3 Å². The van der Waals surface area contributed by atoms with E-state index in [0.29, 0.717) is 5.91 Å². The first-order valence-corrected chi connectivity index (χ1v) is 8.50. The summed E-state index contributed by atoms with van der Waals surface area (Å²) in [4.78, 5) is 13.4. The Labute approximate surface area is 133 Å². The van der Waals surface area contributed by atoms with Gasteiger partial charge in [-0.05, 0) is 30.5 Å². The van der Waals surface area contributed by atoms with E-state index in [9.17, 15) is 4.79 Å². The first-order valence-electron chi connectivity index (χ1n) is 8.50. The molecule has 1 aliphatic heterocycles. The lowest BCUT2D eigenvalue weighted by atomic mass is 10.2. The molecule has 4 nitrogen and oxygen atoms in total. The molecule has 0 aromatic heterocycles. The topological polar surface area (TPSA) is 41.6 Å². The van der Waals surface area contributed by atoms with Crippen LogP contribution in [0.2, 0.25) is 0 Å². The van der Waals surface area contributed by atoms with Crippen molar-refractivity contribution in [3.63, 3.8) is 0 Å². The number of rotatable bonds is 10. The number of unbranched alkanes of at least 4 members (excludes halogenated alkanes) is 2. The summed E-state index contributed by atoms with van der Waals surface area (Å²) in [6.07, 6.45) is 5.30. The highest BCUT2D eigenvalue weighted by Crippen LogP contribution is 2.13. The van der Waals surface area contributed by atoms with E-state index in [1.54, 1.807) is 0 Å². The summed E-state index contributed by atoms with van der Waals surface area (Å²) in [5.41, 5.74) is 1.24. The molecule has 1 N–H and O–H groups in total. The molecule has 1 fully saturated rings. The summed E-state index contributed by atoms with van der Waals surface area (Å²) in [6.45, 7) is 6.41. The molecule has 0 unspecified atom stereocenters. The van der Waals surface area contributed by atoms with Crippen molar-refractivity contribution in [1.82, 2.24) is 10.2 Å². The highest BCUT2D eigenvalue weighted by molar-refractivity contribution is 5.78. The number of benzene rings is 1. The lowest BCUT2D eigenvalue weighted by Gasteiger charge is -2.15. The first kappa shape index (κ1) is 16.8. The van der Waals surface area contributed by atoms with Gasteiger partial charge in [0.1, 0.15) is 5.75 Å². The quantitative estimate of drug-likeness (QED) is 0.676. The van der Waals surface area contributed by atoms with Crippen LogP contribution in [0.25, 0.3) is 0 Å². The third-order valence-electron chi connectivity index (χ3n) is 4.00. The molecule has 1 saturated heterocycles. The molecule has 122 valence electrons. The third-order valence-corrected chi connectivity index (χ3v) is 4.00. The molecular formula is C18H28N2O2. The fraction of sp³-hybridized carbons (Fsp3) is 0.611. The summed E-state index contributed by atoms with van der Waals surface area (Å²) in [7, 11) is 0. The van der Waals surface area contributed by atoms with E-state index in [2.05, 4.69) is 24.4 Å². The Morgan fingerprint density at radius 2 is 2.05 bits per heavy atom. The van der Waals surface area contributed by atoms with Crippen molar-refractivity contribution in [2.24, 2.45) is 0 Å². The molecule has 1 amide bonds. The monoisotopic (exact) mass is 304 g/mol. The van der Waals surface area contributed by atoms with Gasteiger partial charge in [0.05, 0.1) is 6.61 Å². The van der Waals surface area contributed by atoms with Crippen LogP contribution in [0.4, 0.5) is 0 Å². The zero-order valence-electron chi connectivity index (χ0n) is 13.6. The Bertz CT molecular complexity index is 445. The van der Waals surface area contributed by atoms with Crippen molar-refractivity contribution in [2.45, 2.75) is 45.6 Å². The number of nitrogens with zero attached hydrogens (tertiary/aromatic N) is 1. The molecule has 0 spiro atoms. The number of ether oxygens (including phenoxy) is 1. The average Bonchev–Trinajstić information content (AvgIpc) is 2.95. The van der Waals surface area contributed by atoms with Crippen molar-refractivity contribution in [1.29, 1.82) is 0 Å². The molecule has 0 radical (unpaired) electrons. The van der Waals surface area contributed by atoms with Gasteiger partial charge in [0.15, 0.2) is 0 Å². The maximum Gasteiger partial charge on any atom is 0.222 e. The van der Waals surface area contributed by atoms with Gasteiger partial charge in [0.25, 0.3) is 0 Å². The molecule has 0 aliphatic carbocycles. The maximum absolute atomic E-state index is 11.5. The molecule has 0 bridgehead atoms. The Morgan fingerprint density at radius 3 is 2.73 bits per heavy atom. The van der Waals surface area contributed by atoms with Crippen LogP contribution in [-0.2, 0) is 11.3 Å². The zero-order valence-corrected chi connectivity index (χ0v) is 13.6. The number of carbonyl (C=O) groups is 1. The van der Waals surface area contributed by atoms with Gasteiger partial charge in [-0.1, -0.05) is 31.9 Å². The minimum absolute atomic E-state index is 0.298. The molecule has 1 heterocycles. The number of hydrogen-bond donors (Lipinski definition) is 1.